The molecule has 7 heteroatoms. The van der Waals surface area contributed by atoms with E-state index in [9.17, 15) is 8.42 Å². The fourth-order valence-corrected chi connectivity index (χ4v) is 4.75. The standard InChI is InChI=1S/C12H22N4O2S/c1-2-6-16-9-10(8-14-16)12(15-13)11-5-3-4-7-19(11,17)18/h8-9,11-12,15H,2-7,13H2,1H3. The van der Waals surface area contributed by atoms with Gasteiger partial charge in [0.25, 0.3) is 0 Å². The number of hydrogen-bond donors (Lipinski definition) is 2. The molecule has 0 aromatic carbocycles. The van der Waals surface area contributed by atoms with Gasteiger partial charge in [0.05, 0.1) is 23.2 Å². The third-order valence-corrected chi connectivity index (χ3v) is 5.93. The minimum atomic E-state index is -3.07. The fraction of sp³-hybridized carbons (Fsp3) is 0.750. The number of hydrazine groups is 1. The molecule has 0 radical (unpaired) electrons. The Labute approximate surface area is 114 Å². The van der Waals surface area contributed by atoms with Gasteiger partial charge in [-0.3, -0.25) is 16.0 Å². The molecule has 3 N–H and O–H groups in total. The summed E-state index contributed by atoms with van der Waals surface area (Å²) < 4.78 is 26.2. The lowest BCUT2D eigenvalue weighted by Crippen LogP contribution is -2.43. The molecule has 0 aliphatic carbocycles. The highest BCUT2D eigenvalue weighted by molar-refractivity contribution is 7.92. The van der Waals surface area contributed by atoms with Crippen molar-refractivity contribution in [2.75, 3.05) is 5.75 Å². The van der Waals surface area contributed by atoms with E-state index < -0.39 is 15.1 Å². The average molecular weight is 286 g/mol. The molecule has 108 valence electrons. The van der Waals surface area contributed by atoms with Crippen LogP contribution >= 0.6 is 0 Å². The van der Waals surface area contributed by atoms with Crippen LogP contribution in [0.2, 0.25) is 0 Å². The van der Waals surface area contributed by atoms with Crippen LogP contribution in [0, 0.1) is 0 Å². The Hall–Kier alpha value is -0.920. The highest BCUT2D eigenvalue weighted by Gasteiger charge is 2.36. The van der Waals surface area contributed by atoms with Crippen LogP contribution in [0.1, 0.15) is 44.2 Å². The third-order valence-electron chi connectivity index (χ3n) is 3.65. The quantitative estimate of drug-likeness (QED) is 0.616. The number of rotatable bonds is 5. The van der Waals surface area contributed by atoms with E-state index in [0.29, 0.717) is 6.42 Å². The van der Waals surface area contributed by atoms with Crippen LogP contribution in [-0.2, 0) is 16.4 Å². The molecule has 1 aromatic heterocycles. The number of nitrogens with zero attached hydrogens (tertiary/aromatic N) is 2. The largest absolute Gasteiger partial charge is 0.272 e. The molecular formula is C12H22N4O2S. The van der Waals surface area contributed by atoms with E-state index >= 15 is 0 Å². The van der Waals surface area contributed by atoms with Gasteiger partial charge in [0.15, 0.2) is 9.84 Å². The first-order valence-electron chi connectivity index (χ1n) is 6.78. The molecule has 1 aliphatic rings. The molecule has 0 bridgehead atoms. The topological polar surface area (TPSA) is 90.0 Å². The Morgan fingerprint density at radius 2 is 2.37 bits per heavy atom. The molecule has 0 spiro atoms. The second-order valence-corrected chi connectivity index (χ2v) is 7.42. The van der Waals surface area contributed by atoms with Crippen LogP contribution in [0.15, 0.2) is 12.4 Å². The van der Waals surface area contributed by atoms with Crippen molar-refractivity contribution >= 4 is 9.84 Å². The van der Waals surface area contributed by atoms with Gasteiger partial charge in [-0.15, -0.1) is 0 Å². The lowest BCUT2D eigenvalue weighted by Gasteiger charge is -2.28. The highest BCUT2D eigenvalue weighted by atomic mass is 32.2. The average Bonchev–Trinajstić information content (AvgIpc) is 2.81. The van der Waals surface area contributed by atoms with E-state index in [1.807, 2.05) is 10.9 Å². The second kappa shape index (κ2) is 6.02. The normalized spacial score (nSPS) is 24.2. The minimum Gasteiger partial charge on any atom is -0.272 e. The van der Waals surface area contributed by atoms with Crippen molar-refractivity contribution in [1.29, 1.82) is 0 Å². The SMILES string of the molecule is CCCn1cc(C(NN)C2CCCCS2(=O)=O)cn1. The molecular weight excluding hydrogens is 264 g/mol. The van der Waals surface area contributed by atoms with Gasteiger partial charge >= 0.3 is 0 Å². The predicted octanol–water partition coefficient (Wildman–Crippen LogP) is 0.765. The molecule has 1 saturated heterocycles. The molecule has 6 nitrogen and oxygen atoms in total. The summed E-state index contributed by atoms with van der Waals surface area (Å²) in [6.07, 6.45) is 6.94. The monoisotopic (exact) mass is 286 g/mol. The van der Waals surface area contributed by atoms with Crippen LogP contribution < -0.4 is 11.3 Å². The number of aryl methyl sites for hydroxylation is 1. The summed E-state index contributed by atoms with van der Waals surface area (Å²) in [6, 6.07) is -0.365. The van der Waals surface area contributed by atoms with Crippen LogP contribution in [0.3, 0.4) is 0 Å². The fourth-order valence-electron chi connectivity index (χ4n) is 2.66. The van der Waals surface area contributed by atoms with Gasteiger partial charge in [-0.25, -0.2) is 8.42 Å². The summed E-state index contributed by atoms with van der Waals surface area (Å²) in [4.78, 5) is 0. The molecule has 0 amide bonds. The van der Waals surface area contributed by atoms with Gasteiger partial charge in [-0.2, -0.15) is 5.10 Å². The minimum absolute atomic E-state index is 0.263. The second-order valence-electron chi connectivity index (χ2n) is 5.08. The summed E-state index contributed by atoms with van der Waals surface area (Å²) in [6.45, 7) is 2.90. The van der Waals surface area contributed by atoms with Crippen LogP contribution in [0.25, 0.3) is 0 Å². The number of sulfone groups is 1. The first kappa shape index (κ1) is 14.5. The summed E-state index contributed by atoms with van der Waals surface area (Å²) >= 11 is 0. The number of aromatic nitrogens is 2. The van der Waals surface area contributed by atoms with Crippen LogP contribution in [0.5, 0.6) is 0 Å². The van der Waals surface area contributed by atoms with Crippen molar-refractivity contribution in [3.05, 3.63) is 18.0 Å². The maximum Gasteiger partial charge on any atom is 0.155 e. The number of nitrogens with two attached hydrogens (primary N) is 1. The summed E-state index contributed by atoms with van der Waals surface area (Å²) in [5.41, 5.74) is 3.52. The predicted molar refractivity (Wildman–Crippen MR) is 74.0 cm³/mol. The molecule has 2 heterocycles. The molecule has 1 aromatic rings. The van der Waals surface area contributed by atoms with Crippen molar-refractivity contribution in [3.8, 4) is 0 Å². The van der Waals surface area contributed by atoms with E-state index in [1.165, 1.54) is 0 Å². The summed E-state index contributed by atoms with van der Waals surface area (Å²) in [5.74, 6) is 5.85. The van der Waals surface area contributed by atoms with Gasteiger partial charge in [0.1, 0.15) is 0 Å². The lowest BCUT2D eigenvalue weighted by molar-refractivity contribution is 0.453. The zero-order valence-electron chi connectivity index (χ0n) is 11.2. The van der Waals surface area contributed by atoms with E-state index in [0.717, 1.165) is 31.4 Å². The Bertz CT molecular complexity index is 512. The van der Waals surface area contributed by atoms with Gasteiger partial charge in [-0.05, 0) is 19.3 Å². The Morgan fingerprint density at radius 3 is 3.00 bits per heavy atom. The van der Waals surface area contributed by atoms with Crippen LogP contribution in [-0.4, -0.2) is 29.2 Å². The zero-order valence-corrected chi connectivity index (χ0v) is 12.1. The highest BCUT2D eigenvalue weighted by Crippen LogP contribution is 2.30. The molecule has 2 atom stereocenters. The van der Waals surface area contributed by atoms with E-state index in [2.05, 4.69) is 17.4 Å². The molecule has 1 aliphatic heterocycles. The van der Waals surface area contributed by atoms with E-state index in [-0.39, 0.29) is 11.8 Å². The Kier molecular flexibility index (Phi) is 4.59. The molecule has 1 fully saturated rings. The van der Waals surface area contributed by atoms with Gasteiger partial charge in [-0.1, -0.05) is 13.3 Å². The maximum atomic E-state index is 12.2. The first-order valence-corrected chi connectivity index (χ1v) is 8.50. The van der Waals surface area contributed by atoms with E-state index in [1.54, 1.807) is 6.20 Å². The van der Waals surface area contributed by atoms with Crippen molar-refractivity contribution in [1.82, 2.24) is 15.2 Å². The Balaban J connectivity index is 2.22. The molecule has 2 rings (SSSR count). The molecule has 19 heavy (non-hydrogen) atoms. The maximum absolute atomic E-state index is 12.2. The van der Waals surface area contributed by atoms with Crippen molar-refractivity contribution in [2.24, 2.45) is 5.84 Å². The van der Waals surface area contributed by atoms with Gasteiger partial charge < -0.3 is 0 Å². The molecule has 0 saturated carbocycles. The smallest absolute Gasteiger partial charge is 0.155 e. The zero-order chi connectivity index (χ0) is 13.9. The number of nitrogens with one attached hydrogen (secondary N) is 1. The molecule has 2 unspecified atom stereocenters. The Morgan fingerprint density at radius 1 is 1.58 bits per heavy atom. The number of hydrogen-bond acceptors (Lipinski definition) is 5. The lowest BCUT2D eigenvalue weighted by atomic mass is 10.0. The third kappa shape index (κ3) is 3.16. The van der Waals surface area contributed by atoms with Crippen LogP contribution in [0.4, 0.5) is 0 Å². The van der Waals surface area contributed by atoms with Gasteiger partial charge in [0.2, 0.25) is 0 Å². The van der Waals surface area contributed by atoms with Crippen molar-refractivity contribution in [3.63, 3.8) is 0 Å². The first-order chi connectivity index (χ1) is 9.08. The van der Waals surface area contributed by atoms with Crippen molar-refractivity contribution in [2.45, 2.75) is 50.4 Å². The van der Waals surface area contributed by atoms with Crippen molar-refractivity contribution < 1.29 is 8.42 Å². The summed E-state index contributed by atoms with van der Waals surface area (Å²) in [7, 11) is -3.07. The summed E-state index contributed by atoms with van der Waals surface area (Å²) in [5, 5.41) is 3.80. The van der Waals surface area contributed by atoms with E-state index in [4.69, 9.17) is 5.84 Å². The van der Waals surface area contributed by atoms with Gasteiger partial charge in [0, 0.05) is 18.3 Å².